The molecule has 1 aliphatic rings. The van der Waals surface area contributed by atoms with Crippen LogP contribution in [0, 0.1) is 5.92 Å². The molecule has 2 unspecified atom stereocenters. The Morgan fingerprint density at radius 3 is 2.88 bits per heavy atom. The molecule has 1 fully saturated rings. The quantitative estimate of drug-likeness (QED) is 0.664. The molecule has 2 atom stereocenters. The summed E-state index contributed by atoms with van der Waals surface area (Å²) >= 11 is 0. The Hall–Kier alpha value is -0.610. The van der Waals surface area contributed by atoms with Gasteiger partial charge < -0.3 is 15.8 Å². The topological polar surface area (TPSA) is 64.3 Å². The monoisotopic (exact) mass is 242 g/mol. The highest BCUT2D eigenvalue weighted by molar-refractivity contribution is 5.77. The predicted molar refractivity (Wildman–Crippen MR) is 68.7 cm³/mol. The number of hydrogen-bond donors (Lipinski definition) is 2. The van der Waals surface area contributed by atoms with Gasteiger partial charge >= 0.3 is 0 Å². The van der Waals surface area contributed by atoms with E-state index in [1.165, 1.54) is 12.8 Å². The van der Waals surface area contributed by atoms with Crippen molar-refractivity contribution >= 4 is 5.91 Å². The van der Waals surface area contributed by atoms with E-state index >= 15 is 0 Å². The van der Waals surface area contributed by atoms with Crippen LogP contribution in [0.1, 0.15) is 45.4 Å². The second kappa shape index (κ2) is 8.48. The smallest absolute Gasteiger partial charge is 0.246 e. The van der Waals surface area contributed by atoms with Crippen molar-refractivity contribution in [3.8, 4) is 0 Å². The van der Waals surface area contributed by atoms with Crippen LogP contribution in [0.2, 0.25) is 0 Å². The average Bonchev–Trinajstić information content (AvgIpc) is 2.37. The summed E-state index contributed by atoms with van der Waals surface area (Å²) in [6, 6.07) is 0. The number of nitrogens with two attached hydrogens (primary N) is 1. The lowest BCUT2D eigenvalue weighted by atomic mass is 9.86. The predicted octanol–water partition coefficient (Wildman–Crippen LogP) is 1.44. The summed E-state index contributed by atoms with van der Waals surface area (Å²) < 4.78 is 5.69. The van der Waals surface area contributed by atoms with Gasteiger partial charge in [-0.3, -0.25) is 4.79 Å². The zero-order chi connectivity index (χ0) is 12.5. The molecule has 0 bridgehead atoms. The zero-order valence-electron chi connectivity index (χ0n) is 10.9. The van der Waals surface area contributed by atoms with Crippen molar-refractivity contribution in [1.82, 2.24) is 5.32 Å². The fraction of sp³-hybridized carbons (Fsp3) is 0.923. The second-order valence-corrected chi connectivity index (χ2v) is 4.83. The van der Waals surface area contributed by atoms with E-state index in [1.807, 2.05) is 0 Å². The third-order valence-electron chi connectivity index (χ3n) is 3.42. The van der Waals surface area contributed by atoms with Gasteiger partial charge in [-0.05, 0) is 31.7 Å². The minimum Gasteiger partial charge on any atom is -0.368 e. The Morgan fingerprint density at radius 1 is 1.41 bits per heavy atom. The van der Waals surface area contributed by atoms with Gasteiger partial charge in [-0.15, -0.1) is 0 Å². The first-order valence-electron chi connectivity index (χ1n) is 6.86. The van der Waals surface area contributed by atoms with Crippen LogP contribution < -0.4 is 11.1 Å². The molecule has 100 valence electrons. The van der Waals surface area contributed by atoms with Gasteiger partial charge in [0.15, 0.2) is 0 Å². The van der Waals surface area contributed by atoms with E-state index < -0.39 is 0 Å². The summed E-state index contributed by atoms with van der Waals surface area (Å²) in [5.41, 5.74) is 5.72. The fourth-order valence-corrected chi connectivity index (χ4v) is 2.30. The molecule has 0 spiro atoms. The summed E-state index contributed by atoms with van der Waals surface area (Å²) in [6.45, 7) is 3.72. The van der Waals surface area contributed by atoms with Crippen LogP contribution in [-0.4, -0.2) is 31.7 Å². The summed E-state index contributed by atoms with van der Waals surface area (Å²) in [6.07, 6.45) is 6.93. The molecule has 1 aliphatic carbocycles. The summed E-state index contributed by atoms with van der Waals surface area (Å²) in [5.74, 6) is 0.437. The normalized spacial score (nSPS) is 24.6. The number of hydrogen-bond acceptors (Lipinski definition) is 3. The Morgan fingerprint density at radius 2 is 2.18 bits per heavy atom. The van der Waals surface area contributed by atoms with Crippen molar-refractivity contribution in [2.75, 3.05) is 19.7 Å². The molecular weight excluding hydrogens is 216 g/mol. The highest BCUT2D eigenvalue weighted by atomic mass is 16.5. The van der Waals surface area contributed by atoms with Crippen LogP contribution in [-0.2, 0) is 9.53 Å². The number of ether oxygens (including phenoxy) is 1. The molecule has 0 radical (unpaired) electrons. The average molecular weight is 242 g/mol. The van der Waals surface area contributed by atoms with Crippen molar-refractivity contribution in [1.29, 1.82) is 0 Å². The number of rotatable bonds is 7. The molecule has 0 aliphatic heterocycles. The Labute approximate surface area is 104 Å². The van der Waals surface area contributed by atoms with E-state index in [0.717, 1.165) is 32.2 Å². The molecule has 17 heavy (non-hydrogen) atoms. The fourth-order valence-electron chi connectivity index (χ4n) is 2.30. The van der Waals surface area contributed by atoms with Crippen molar-refractivity contribution in [3.63, 3.8) is 0 Å². The standard InChI is InChI=1S/C13H26N2O2/c1-2-3-8-15-13(16)10-17-12-7-5-4-6-11(12)9-14/h11-12H,2-10,14H2,1H3,(H,15,16). The highest BCUT2D eigenvalue weighted by Crippen LogP contribution is 2.25. The van der Waals surface area contributed by atoms with Crippen LogP contribution in [0.25, 0.3) is 0 Å². The molecule has 1 saturated carbocycles. The third-order valence-corrected chi connectivity index (χ3v) is 3.42. The van der Waals surface area contributed by atoms with Gasteiger partial charge in [-0.25, -0.2) is 0 Å². The van der Waals surface area contributed by atoms with Gasteiger partial charge in [-0.1, -0.05) is 26.2 Å². The van der Waals surface area contributed by atoms with Crippen LogP contribution in [0.4, 0.5) is 0 Å². The van der Waals surface area contributed by atoms with E-state index in [9.17, 15) is 4.79 Å². The summed E-state index contributed by atoms with van der Waals surface area (Å²) in [7, 11) is 0. The number of nitrogens with one attached hydrogen (secondary N) is 1. The third kappa shape index (κ3) is 5.50. The maximum atomic E-state index is 11.5. The molecular formula is C13H26N2O2. The van der Waals surface area contributed by atoms with Crippen molar-refractivity contribution in [2.24, 2.45) is 11.7 Å². The first-order valence-corrected chi connectivity index (χ1v) is 6.86. The molecule has 3 N–H and O–H groups in total. The van der Waals surface area contributed by atoms with Crippen molar-refractivity contribution in [3.05, 3.63) is 0 Å². The van der Waals surface area contributed by atoms with Crippen LogP contribution in [0.5, 0.6) is 0 Å². The molecule has 0 heterocycles. The minimum absolute atomic E-state index is 0.000190. The van der Waals surface area contributed by atoms with Crippen LogP contribution in [0.15, 0.2) is 0 Å². The molecule has 0 aromatic carbocycles. The van der Waals surface area contributed by atoms with E-state index in [-0.39, 0.29) is 18.6 Å². The van der Waals surface area contributed by atoms with Gasteiger partial charge in [0.2, 0.25) is 5.91 Å². The van der Waals surface area contributed by atoms with Gasteiger partial charge in [0.1, 0.15) is 6.61 Å². The van der Waals surface area contributed by atoms with E-state index in [4.69, 9.17) is 10.5 Å². The Balaban J connectivity index is 2.17. The van der Waals surface area contributed by atoms with Crippen molar-refractivity contribution < 1.29 is 9.53 Å². The molecule has 4 nitrogen and oxygen atoms in total. The Kier molecular flexibility index (Phi) is 7.21. The minimum atomic E-state index is -0.000190. The first kappa shape index (κ1) is 14.5. The largest absolute Gasteiger partial charge is 0.368 e. The summed E-state index contributed by atoms with van der Waals surface area (Å²) in [5, 5.41) is 2.86. The lowest BCUT2D eigenvalue weighted by Crippen LogP contribution is -2.37. The van der Waals surface area contributed by atoms with E-state index in [1.54, 1.807) is 0 Å². The molecule has 0 aromatic heterocycles. The van der Waals surface area contributed by atoms with Crippen molar-refractivity contribution in [2.45, 2.75) is 51.6 Å². The second-order valence-electron chi connectivity index (χ2n) is 4.83. The molecule has 0 saturated heterocycles. The molecule has 1 amide bonds. The highest BCUT2D eigenvalue weighted by Gasteiger charge is 2.24. The number of carbonyl (C=O) groups is 1. The van der Waals surface area contributed by atoms with Crippen LogP contribution in [0.3, 0.4) is 0 Å². The van der Waals surface area contributed by atoms with Crippen LogP contribution >= 0.6 is 0 Å². The Bertz CT molecular complexity index is 221. The number of amides is 1. The van der Waals surface area contributed by atoms with E-state index in [2.05, 4.69) is 12.2 Å². The van der Waals surface area contributed by atoms with E-state index in [0.29, 0.717) is 12.5 Å². The van der Waals surface area contributed by atoms with Gasteiger partial charge in [0.25, 0.3) is 0 Å². The lowest BCUT2D eigenvalue weighted by Gasteiger charge is -2.30. The zero-order valence-corrected chi connectivity index (χ0v) is 10.9. The van der Waals surface area contributed by atoms with Gasteiger partial charge in [0, 0.05) is 6.54 Å². The van der Waals surface area contributed by atoms with Gasteiger partial charge in [-0.2, -0.15) is 0 Å². The van der Waals surface area contributed by atoms with Gasteiger partial charge in [0.05, 0.1) is 6.10 Å². The molecule has 0 aromatic rings. The lowest BCUT2D eigenvalue weighted by molar-refractivity contribution is -0.129. The maximum absolute atomic E-state index is 11.5. The number of carbonyl (C=O) groups excluding carboxylic acids is 1. The first-order chi connectivity index (χ1) is 8.27. The SMILES string of the molecule is CCCCNC(=O)COC1CCCCC1CN. The molecule has 1 rings (SSSR count). The molecule has 4 heteroatoms. The maximum Gasteiger partial charge on any atom is 0.246 e. The summed E-state index contributed by atoms with van der Waals surface area (Å²) in [4.78, 5) is 11.5. The number of unbranched alkanes of at least 4 members (excludes halogenated alkanes) is 1.